The number of nitrogens with one attached hydrogen (secondary N) is 2. The molecule has 38 heavy (non-hydrogen) atoms. The van der Waals surface area contributed by atoms with Crippen LogP contribution in [0.4, 0.5) is 17.1 Å². The van der Waals surface area contributed by atoms with E-state index in [9.17, 15) is 18.0 Å². The number of rotatable bonds is 10. The number of hydrogen-bond acceptors (Lipinski definition) is 5. The Kier molecular flexibility index (Phi) is 9.17. The van der Waals surface area contributed by atoms with E-state index in [2.05, 4.69) is 31.4 Å². The number of nitrogens with zero attached hydrogens (tertiary/aromatic N) is 1. The molecule has 8 nitrogen and oxygen atoms in total. The van der Waals surface area contributed by atoms with Crippen LogP contribution in [0.5, 0.6) is 5.75 Å². The predicted molar refractivity (Wildman–Crippen MR) is 153 cm³/mol. The van der Waals surface area contributed by atoms with E-state index in [-0.39, 0.29) is 30.2 Å². The summed E-state index contributed by atoms with van der Waals surface area (Å²) in [6.07, 6.45) is 1.58. The van der Waals surface area contributed by atoms with Crippen LogP contribution >= 0.6 is 0 Å². The van der Waals surface area contributed by atoms with Gasteiger partial charge in [0, 0.05) is 29.9 Å². The molecule has 0 radical (unpaired) electrons. The lowest BCUT2D eigenvalue weighted by molar-refractivity contribution is -0.116. The lowest BCUT2D eigenvalue weighted by Crippen LogP contribution is -2.31. The summed E-state index contributed by atoms with van der Waals surface area (Å²) in [6.45, 7) is 6.50. The molecule has 0 spiro atoms. The molecule has 0 saturated heterocycles. The van der Waals surface area contributed by atoms with Gasteiger partial charge in [-0.2, -0.15) is 0 Å². The molecular formula is C29H35N3O5S. The van der Waals surface area contributed by atoms with Crippen molar-refractivity contribution >= 4 is 38.9 Å². The first-order valence-corrected chi connectivity index (χ1v) is 14.2. The van der Waals surface area contributed by atoms with Crippen LogP contribution in [-0.4, -0.2) is 40.1 Å². The fourth-order valence-corrected chi connectivity index (χ4v) is 4.81. The van der Waals surface area contributed by atoms with E-state index in [0.29, 0.717) is 34.8 Å². The van der Waals surface area contributed by atoms with Crippen molar-refractivity contribution in [3.05, 3.63) is 83.9 Å². The Morgan fingerprint density at radius 2 is 1.50 bits per heavy atom. The van der Waals surface area contributed by atoms with Crippen LogP contribution < -0.4 is 19.7 Å². The fraction of sp³-hybridized carbons (Fsp3) is 0.310. The van der Waals surface area contributed by atoms with Gasteiger partial charge in [0.2, 0.25) is 15.9 Å². The molecule has 0 atom stereocenters. The number of sulfonamides is 1. The third-order valence-corrected chi connectivity index (χ3v) is 7.14. The van der Waals surface area contributed by atoms with Gasteiger partial charge in [-0.1, -0.05) is 39.0 Å². The Morgan fingerprint density at radius 1 is 0.895 bits per heavy atom. The van der Waals surface area contributed by atoms with Gasteiger partial charge in [-0.05, 0) is 72.0 Å². The Labute approximate surface area is 225 Å². The van der Waals surface area contributed by atoms with E-state index in [1.54, 1.807) is 60.7 Å². The first-order chi connectivity index (χ1) is 17.9. The quantitative estimate of drug-likeness (QED) is 0.359. The molecule has 0 aliphatic heterocycles. The van der Waals surface area contributed by atoms with Crippen molar-refractivity contribution in [1.82, 2.24) is 0 Å². The summed E-state index contributed by atoms with van der Waals surface area (Å²) < 4.78 is 31.0. The average Bonchev–Trinajstić information content (AvgIpc) is 2.86. The lowest BCUT2D eigenvalue weighted by Gasteiger charge is -2.22. The van der Waals surface area contributed by atoms with E-state index < -0.39 is 10.0 Å². The van der Waals surface area contributed by atoms with Crippen molar-refractivity contribution in [2.45, 2.75) is 39.0 Å². The maximum Gasteiger partial charge on any atom is 0.255 e. The lowest BCUT2D eigenvalue weighted by atomic mass is 9.87. The van der Waals surface area contributed by atoms with Crippen molar-refractivity contribution in [2.24, 2.45) is 0 Å². The number of methoxy groups -OCH3 is 1. The first-order valence-electron chi connectivity index (χ1n) is 12.3. The van der Waals surface area contributed by atoms with Crippen molar-refractivity contribution < 1.29 is 22.7 Å². The van der Waals surface area contributed by atoms with Crippen molar-refractivity contribution in [3.63, 3.8) is 0 Å². The van der Waals surface area contributed by atoms with Gasteiger partial charge in [0.15, 0.2) is 0 Å². The number of hydrogen-bond donors (Lipinski definition) is 2. The van der Waals surface area contributed by atoms with Crippen LogP contribution in [0.3, 0.4) is 0 Å². The molecular weight excluding hydrogens is 502 g/mol. The second kappa shape index (κ2) is 12.1. The summed E-state index contributed by atoms with van der Waals surface area (Å²) in [5.41, 5.74) is 3.27. The second-order valence-electron chi connectivity index (χ2n) is 10.0. The summed E-state index contributed by atoms with van der Waals surface area (Å²) in [7, 11) is -1.98. The molecule has 202 valence electrons. The number of ether oxygens (including phenoxy) is 1. The van der Waals surface area contributed by atoms with Crippen molar-refractivity contribution in [2.75, 3.05) is 34.8 Å². The molecule has 0 saturated carbocycles. The van der Waals surface area contributed by atoms with Gasteiger partial charge < -0.3 is 15.4 Å². The highest BCUT2D eigenvalue weighted by atomic mass is 32.2. The zero-order valence-corrected chi connectivity index (χ0v) is 23.3. The van der Waals surface area contributed by atoms with Crippen LogP contribution in [0.25, 0.3) is 0 Å². The predicted octanol–water partition coefficient (Wildman–Crippen LogP) is 5.43. The van der Waals surface area contributed by atoms with Gasteiger partial charge in [0.1, 0.15) is 5.75 Å². The summed E-state index contributed by atoms with van der Waals surface area (Å²) >= 11 is 0. The molecule has 0 unspecified atom stereocenters. The third kappa shape index (κ3) is 8.08. The van der Waals surface area contributed by atoms with Gasteiger partial charge in [-0.25, -0.2) is 8.42 Å². The van der Waals surface area contributed by atoms with Crippen LogP contribution in [0, 0.1) is 0 Å². The average molecular weight is 538 g/mol. The number of benzene rings is 3. The SMILES string of the molecule is COc1ccc(N(CCCC(=O)Nc2cccc(NC(=O)c3ccc(C(C)(C)C)cc3)c2)S(C)(=O)=O)cc1. The van der Waals surface area contributed by atoms with E-state index in [1.807, 2.05) is 12.1 Å². The molecule has 2 amide bonds. The largest absolute Gasteiger partial charge is 0.497 e. The van der Waals surface area contributed by atoms with Crippen LogP contribution in [0.2, 0.25) is 0 Å². The number of carbonyl (C=O) groups is 2. The Hall–Kier alpha value is -3.85. The maximum atomic E-state index is 12.7. The molecule has 9 heteroatoms. The molecule has 0 bridgehead atoms. The molecule has 2 N–H and O–H groups in total. The fourth-order valence-electron chi connectivity index (χ4n) is 3.84. The smallest absolute Gasteiger partial charge is 0.255 e. The first kappa shape index (κ1) is 28.7. The van der Waals surface area contributed by atoms with Crippen molar-refractivity contribution in [1.29, 1.82) is 0 Å². The number of carbonyl (C=O) groups excluding carboxylic acids is 2. The molecule has 3 aromatic rings. The van der Waals surface area contributed by atoms with Crippen LogP contribution in [0.1, 0.15) is 49.5 Å². The summed E-state index contributed by atoms with van der Waals surface area (Å²) in [5.74, 6) is 0.126. The Balaban J connectivity index is 1.56. The van der Waals surface area contributed by atoms with E-state index >= 15 is 0 Å². The third-order valence-electron chi connectivity index (χ3n) is 5.94. The zero-order chi connectivity index (χ0) is 27.9. The minimum Gasteiger partial charge on any atom is -0.497 e. The number of amides is 2. The van der Waals surface area contributed by atoms with E-state index in [4.69, 9.17) is 4.74 Å². The van der Waals surface area contributed by atoms with Gasteiger partial charge in [0.25, 0.3) is 5.91 Å². The highest BCUT2D eigenvalue weighted by Gasteiger charge is 2.18. The summed E-state index contributed by atoms with van der Waals surface area (Å²) in [5, 5.41) is 5.67. The normalized spacial score (nSPS) is 11.5. The van der Waals surface area contributed by atoms with E-state index in [0.717, 1.165) is 11.8 Å². The molecule has 3 rings (SSSR count). The van der Waals surface area contributed by atoms with Crippen LogP contribution in [0.15, 0.2) is 72.8 Å². The van der Waals surface area contributed by atoms with Gasteiger partial charge in [-0.3, -0.25) is 13.9 Å². The zero-order valence-electron chi connectivity index (χ0n) is 22.4. The Bertz CT molecular complexity index is 1360. The minimum absolute atomic E-state index is 0.000306. The molecule has 0 aliphatic carbocycles. The van der Waals surface area contributed by atoms with Crippen molar-refractivity contribution in [3.8, 4) is 5.75 Å². The minimum atomic E-state index is -3.52. The highest BCUT2D eigenvalue weighted by molar-refractivity contribution is 7.92. The maximum absolute atomic E-state index is 12.7. The summed E-state index contributed by atoms with van der Waals surface area (Å²) in [4.78, 5) is 25.2. The monoisotopic (exact) mass is 537 g/mol. The molecule has 0 aromatic heterocycles. The van der Waals surface area contributed by atoms with E-state index in [1.165, 1.54) is 11.4 Å². The standard InChI is InChI=1S/C29H35N3O5S/c1-29(2,3)22-13-11-21(12-14-22)28(34)31-24-9-6-8-23(20-24)30-27(33)10-7-19-32(38(5,35)36)25-15-17-26(37-4)18-16-25/h6,8-9,11-18,20H,7,10,19H2,1-5H3,(H,30,33)(H,31,34). The Morgan fingerprint density at radius 3 is 2.05 bits per heavy atom. The van der Waals surface area contributed by atoms with Gasteiger partial charge in [0.05, 0.1) is 19.1 Å². The topological polar surface area (TPSA) is 105 Å². The number of anilines is 3. The summed E-state index contributed by atoms with van der Waals surface area (Å²) in [6, 6.07) is 21.1. The second-order valence-corrected chi connectivity index (χ2v) is 12.0. The highest BCUT2D eigenvalue weighted by Crippen LogP contribution is 2.24. The molecule has 0 heterocycles. The molecule has 0 fully saturated rings. The van der Waals surface area contributed by atoms with Gasteiger partial charge >= 0.3 is 0 Å². The molecule has 0 aliphatic rings. The van der Waals surface area contributed by atoms with Crippen LogP contribution in [-0.2, 0) is 20.2 Å². The van der Waals surface area contributed by atoms with Gasteiger partial charge in [-0.15, -0.1) is 0 Å². The molecule has 3 aromatic carbocycles.